The van der Waals surface area contributed by atoms with E-state index < -0.39 is 0 Å². The van der Waals surface area contributed by atoms with Gasteiger partial charge in [-0.2, -0.15) is 4.57 Å². The maximum absolute atomic E-state index is 4.76. The van der Waals surface area contributed by atoms with Crippen LogP contribution in [0.15, 0.2) is 140 Å². The van der Waals surface area contributed by atoms with Gasteiger partial charge in [0.25, 0.3) is 0 Å². The number of benzene rings is 5. The molecule has 53 heavy (non-hydrogen) atoms. The number of anilines is 6. The summed E-state index contributed by atoms with van der Waals surface area (Å²) in [5.74, 6) is 0. The van der Waals surface area contributed by atoms with Gasteiger partial charge < -0.3 is 9.80 Å². The largest absolute Gasteiger partial charge is 0.306 e. The van der Waals surface area contributed by atoms with Crippen molar-refractivity contribution in [2.75, 3.05) is 9.80 Å². The second-order valence-electron chi connectivity index (χ2n) is 15.9. The second kappa shape index (κ2) is 14.0. The van der Waals surface area contributed by atoms with Crippen molar-refractivity contribution in [1.82, 2.24) is 0 Å². The molecule has 6 aromatic rings. The van der Waals surface area contributed by atoms with Crippen LogP contribution in [0.4, 0.5) is 34.1 Å². The fraction of sp³-hybridized carbons (Fsp3) is 0.300. The van der Waals surface area contributed by atoms with Crippen LogP contribution in [0.5, 0.6) is 0 Å². The molecule has 0 aliphatic carbocycles. The number of rotatable bonds is 11. The standard InChI is InChI=1S/C50H54N3/c1-7-10-17-32-49(5,6)38-25-27-39(28-26-38)52-44-21-13-15-23-46(44)53(47-24-16-14-22-45(47)52)40-29-30-43-42(34-40)48-41-20-12-11-19-37(41)31-33-51(48)35-50(43,9-3)36(4)18-8-2/h11-16,19-31,33-34H,4,7-10,17-18,32,35H2,1-3,5-6H3/q+1. The summed E-state index contributed by atoms with van der Waals surface area (Å²) in [4.78, 5) is 4.92. The van der Waals surface area contributed by atoms with Crippen LogP contribution in [-0.2, 0) is 17.4 Å². The molecule has 268 valence electrons. The first-order valence-corrected chi connectivity index (χ1v) is 19.9. The monoisotopic (exact) mass is 696 g/mol. The number of unbranched alkanes of at least 4 members (excludes halogenated alkanes) is 2. The third-order valence-corrected chi connectivity index (χ3v) is 12.3. The fourth-order valence-electron chi connectivity index (χ4n) is 9.27. The van der Waals surface area contributed by atoms with E-state index in [1.165, 1.54) is 98.5 Å². The SMILES string of the molecule is C=C(CCC)C1(CC)C[n+]2ccc3ccccc3c2-c2cc(N3c4ccccc4N(c4ccc(C(C)(C)CCCCC)cc4)c4ccccc43)ccc21. The molecular formula is C50H54N3+. The molecule has 0 bridgehead atoms. The summed E-state index contributed by atoms with van der Waals surface area (Å²) in [7, 11) is 0. The maximum atomic E-state index is 4.76. The van der Waals surface area contributed by atoms with Gasteiger partial charge in [-0.05, 0) is 95.8 Å². The summed E-state index contributed by atoms with van der Waals surface area (Å²) in [6.07, 6.45) is 10.5. The number of hydrogen-bond donors (Lipinski definition) is 0. The molecule has 0 amide bonds. The molecule has 0 saturated carbocycles. The first-order valence-electron chi connectivity index (χ1n) is 19.9. The maximum Gasteiger partial charge on any atom is 0.220 e. The number of fused-ring (bicyclic) bond motifs is 7. The van der Waals surface area contributed by atoms with Crippen LogP contribution in [0.1, 0.15) is 90.7 Å². The lowest BCUT2D eigenvalue weighted by Gasteiger charge is -2.41. The highest BCUT2D eigenvalue weighted by atomic mass is 15.3. The predicted molar refractivity (Wildman–Crippen MR) is 226 cm³/mol. The zero-order chi connectivity index (χ0) is 36.7. The molecule has 8 rings (SSSR count). The van der Waals surface area contributed by atoms with Gasteiger partial charge in [-0.1, -0.05) is 133 Å². The zero-order valence-corrected chi connectivity index (χ0v) is 32.3. The van der Waals surface area contributed by atoms with E-state index >= 15 is 0 Å². The molecule has 0 spiro atoms. The van der Waals surface area contributed by atoms with Crippen LogP contribution in [-0.4, -0.2) is 0 Å². The summed E-state index contributed by atoms with van der Waals surface area (Å²) < 4.78 is 2.51. The molecule has 3 nitrogen and oxygen atoms in total. The molecule has 2 aliphatic rings. The first kappa shape index (κ1) is 34.9. The predicted octanol–water partition coefficient (Wildman–Crippen LogP) is 13.9. The van der Waals surface area contributed by atoms with E-state index in [4.69, 9.17) is 6.58 Å². The average Bonchev–Trinajstić information content (AvgIpc) is 3.19. The second-order valence-corrected chi connectivity index (χ2v) is 15.9. The molecule has 0 N–H and O–H groups in total. The average molecular weight is 697 g/mol. The number of hydrogen-bond acceptors (Lipinski definition) is 2. The minimum Gasteiger partial charge on any atom is -0.306 e. The van der Waals surface area contributed by atoms with E-state index in [2.05, 4.69) is 177 Å². The molecular weight excluding hydrogens is 643 g/mol. The molecule has 3 heteroatoms. The normalized spacial score (nSPS) is 16.2. The van der Waals surface area contributed by atoms with Gasteiger partial charge in [-0.3, -0.25) is 0 Å². The van der Waals surface area contributed by atoms with Crippen molar-refractivity contribution >= 4 is 44.9 Å². The summed E-state index contributed by atoms with van der Waals surface area (Å²) in [5, 5.41) is 2.56. The lowest BCUT2D eigenvalue weighted by atomic mass is 9.67. The first-order chi connectivity index (χ1) is 25.8. The summed E-state index contributed by atoms with van der Waals surface area (Å²) in [6, 6.07) is 45.5. The molecule has 0 fully saturated rings. The third kappa shape index (κ3) is 5.86. The van der Waals surface area contributed by atoms with Gasteiger partial charge in [0.1, 0.15) is 0 Å². The highest BCUT2D eigenvalue weighted by molar-refractivity contribution is 6.02. The van der Waals surface area contributed by atoms with E-state index in [9.17, 15) is 0 Å². The van der Waals surface area contributed by atoms with Gasteiger partial charge in [-0.25, -0.2) is 0 Å². The lowest BCUT2D eigenvalue weighted by molar-refractivity contribution is -0.694. The molecule has 0 saturated heterocycles. The van der Waals surface area contributed by atoms with E-state index in [0.717, 1.165) is 25.8 Å². The van der Waals surface area contributed by atoms with Crippen molar-refractivity contribution < 1.29 is 4.57 Å². The Balaban J connectivity index is 1.28. The Labute approximate surface area is 317 Å². The minimum atomic E-state index is -0.130. The van der Waals surface area contributed by atoms with Gasteiger partial charge in [-0.15, -0.1) is 0 Å². The zero-order valence-electron chi connectivity index (χ0n) is 32.3. The Hall–Kier alpha value is -5.15. The van der Waals surface area contributed by atoms with E-state index in [0.29, 0.717) is 0 Å². The molecule has 3 heterocycles. The Morgan fingerprint density at radius 2 is 1.30 bits per heavy atom. The third-order valence-electron chi connectivity index (χ3n) is 12.3. The minimum absolute atomic E-state index is 0.130. The summed E-state index contributed by atoms with van der Waals surface area (Å²) >= 11 is 0. The van der Waals surface area contributed by atoms with Crippen LogP contribution >= 0.6 is 0 Å². The van der Waals surface area contributed by atoms with Gasteiger partial charge in [0, 0.05) is 17.4 Å². The molecule has 1 aromatic heterocycles. The van der Waals surface area contributed by atoms with E-state index in [1.54, 1.807) is 0 Å². The fourth-order valence-corrected chi connectivity index (χ4v) is 9.27. The molecule has 5 aromatic carbocycles. The van der Waals surface area contributed by atoms with Crippen molar-refractivity contribution in [1.29, 1.82) is 0 Å². The summed E-state index contributed by atoms with van der Waals surface area (Å²) in [5.41, 5.74) is 13.8. The van der Waals surface area contributed by atoms with Gasteiger partial charge >= 0.3 is 0 Å². The quantitative estimate of drug-likeness (QED) is 0.0757. The van der Waals surface area contributed by atoms with Crippen LogP contribution in [0.3, 0.4) is 0 Å². The van der Waals surface area contributed by atoms with Crippen LogP contribution in [0.25, 0.3) is 22.0 Å². The number of pyridine rings is 1. The van der Waals surface area contributed by atoms with Crippen molar-refractivity contribution in [2.45, 2.75) is 96.9 Å². The van der Waals surface area contributed by atoms with Crippen molar-refractivity contribution in [2.24, 2.45) is 0 Å². The highest BCUT2D eigenvalue weighted by Gasteiger charge is 2.45. The number of nitrogens with zero attached hydrogens (tertiary/aromatic N) is 3. The Kier molecular flexibility index (Phi) is 9.23. The Morgan fingerprint density at radius 1 is 0.698 bits per heavy atom. The molecule has 1 unspecified atom stereocenters. The smallest absolute Gasteiger partial charge is 0.220 e. The molecule has 2 aliphatic heterocycles. The number of allylic oxidation sites excluding steroid dienone is 1. The van der Waals surface area contributed by atoms with Crippen LogP contribution in [0, 0.1) is 0 Å². The van der Waals surface area contributed by atoms with E-state index in [1.807, 2.05) is 0 Å². The van der Waals surface area contributed by atoms with Crippen molar-refractivity contribution in [3.8, 4) is 11.3 Å². The Morgan fingerprint density at radius 3 is 1.92 bits per heavy atom. The molecule has 0 radical (unpaired) electrons. The number of para-hydroxylation sites is 4. The van der Waals surface area contributed by atoms with Crippen LogP contribution in [0.2, 0.25) is 0 Å². The van der Waals surface area contributed by atoms with Gasteiger partial charge in [0.05, 0.1) is 39.1 Å². The van der Waals surface area contributed by atoms with Crippen LogP contribution < -0.4 is 14.4 Å². The molecule has 1 atom stereocenters. The van der Waals surface area contributed by atoms with Crippen molar-refractivity contribution in [3.63, 3.8) is 0 Å². The van der Waals surface area contributed by atoms with E-state index in [-0.39, 0.29) is 10.8 Å². The summed E-state index contributed by atoms with van der Waals surface area (Å²) in [6.45, 7) is 17.4. The lowest BCUT2D eigenvalue weighted by Crippen LogP contribution is -2.51. The van der Waals surface area contributed by atoms with Gasteiger partial charge in [0.2, 0.25) is 5.69 Å². The highest BCUT2D eigenvalue weighted by Crippen LogP contribution is 2.55. The number of aromatic nitrogens is 1. The topological polar surface area (TPSA) is 10.4 Å². The Bertz CT molecular complexity index is 2250. The van der Waals surface area contributed by atoms with Crippen molar-refractivity contribution in [3.05, 3.63) is 151 Å². The van der Waals surface area contributed by atoms with Gasteiger partial charge in [0.15, 0.2) is 12.7 Å².